The smallest absolute Gasteiger partial charge is 0.340 e. The highest BCUT2D eigenvalue weighted by molar-refractivity contribution is 6.00. The fourth-order valence-electron chi connectivity index (χ4n) is 7.22. The van der Waals surface area contributed by atoms with E-state index in [9.17, 15) is 9.59 Å². The molecular formula is C27H35N3O4. The first kappa shape index (κ1) is 22.9. The van der Waals surface area contributed by atoms with E-state index in [1.807, 2.05) is 0 Å². The lowest BCUT2D eigenvalue weighted by Gasteiger charge is -2.58. The highest BCUT2D eigenvalue weighted by Gasteiger charge is 2.69. The van der Waals surface area contributed by atoms with Crippen LogP contribution in [-0.4, -0.2) is 24.4 Å². The van der Waals surface area contributed by atoms with Gasteiger partial charge in [0.1, 0.15) is 11.5 Å². The minimum atomic E-state index is -0.648. The molecule has 1 saturated carbocycles. The van der Waals surface area contributed by atoms with Crippen LogP contribution in [0.5, 0.6) is 0 Å². The Labute approximate surface area is 201 Å². The van der Waals surface area contributed by atoms with Gasteiger partial charge in [0.15, 0.2) is 5.96 Å². The van der Waals surface area contributed by atoms with Crippen molar-refractivity contribution in [3.8, 4) is 0 Å². The SMILES string of the molecule is CCCC=C1OC(=O)C2=C1CCC1C3C=C4C(=O)OC(=CCCC)C4(C(CCN=C(N)N)C3)C21. The number of carbonyl (C=O) groups is 2. The van der Waals surface area contributed by atoms with E-state index in [1.165, 1.54) is 0 Å². The maximum Gasteiger partial charge on any atom is 0.340 e. The van der Waals surface area contributed by atoms with Gasteiger partial charge in [0, 0.05) is 29.2 Å². The molecule has 2 bridgehead atoms. The second-order valence-electron chi connectivity index (χ2n) is 10.2. The number of allylic oxidation sites excluding steroid dienone is 5. The van der Waals surface area contributed by atoms with Crippen molar-refractivity contribution in [1.29, 1.82) is 0 Å². The fraction of sp³-hybridized carbons (Fsp3) is 0.593. The molecule has 6 rings (SSSR count). The molecule has 0 aromatic heterocycles. The number of nitrogens with zero attached hydrogens (tertiary/aromatic N) is 1. The number of hydrogen-bond donors (Lipinski definition) is 2. The second-order valence-corrected chi connectivity index (χ2v) is 10.2. The molecule has 4 N–H and O–H groups in total. The summed E-state index contributed by atoms with van der Waals surface area (Å²) in [6.07, 6.45) is 13.4. The number of aliphatic imine (C=N–C) groups is 1. The molecule has 2 fully saturated rings. The van der Waals surface area contributed by atoms with Crippen LogP contribution in [0.1, 0.15) is 65.2 Å². The van der Waals surface area contributed by atoms with Gasteiger partial charge in [-0.2, -0.15) is 0 Å². The van der Waals surface area contributed by atoms with Gasteiger partial charge >= 0.3 is 11.9 Å². The minimum Gasteiger partial charge on any atom is -0.427 e. The molecule has 7 heteroatoms. The number of rotatable bonds is 7. The largest absolute Gasteiger partial charge is 0.427 e. The molecule has 5 unspecified atom stereocenters. The van der Waals surface area contributed by atoms with Gasteiger partial charge in [-0.05, 0) is 68.4 Å². The van der Waals surface area contributed by atoms with Crippen LogP contribution in [0.25, 0.3) is 0 Å². The molecule has 2 aliphatic heterocycles. The van der Waals surface area contributed by atoms with Crippen molar-refractivity contribution in [2.45, 2.75) is 65.2 Å². The average molecular weight is 466 g/mol. The topological polar surface area (TPSA) is 117 Å². The zero-order valence-corrected chi connectivity index (χ0v) is 20.1. The molecule has 0 radical (unpaired) electrons. The molecule has 1 spiro atoms. The van der Waals surface area contributed by atoms with Gasteiger partial charge in [-0.25, -0.2) is 9.59 Å². The number of hydrogen-bond acceptors (Lipinski definition) is 5. The van der Waals surface area contributed by atoms with Crippen LogP contribution < -0.4 is 11.5 Å². The number of nitrogens with two attached hydrogens (primary N) is 2. The molecule has 6 aliphatic rings. The summed E-state index contributed by atoms with van der Waals surface area (Å²) in [5, 5.41) is 0. The summed E-state index contributed by atoms with van der Waals surface area (Å²) in [7, 11) is 0. The lowest BCUT2D eigenvalue weighted by atomic mass is 9.43. The third kappa shape index (κ3) is 3.27. The van der Waals surface area contributed by atoms with Gasteiger partial charge in [0.2, 0.25) is 0 Å². The predicted molar refractivity (Wildman–Crippen MR) is 129 cm³/mol. The van der Waals surface area contributed by atoms with Gasteiger partial charge < -0.3 is 20.9 Å². The summed E-state index contributed by atoms with van der Waals surface area (Å²) >= 11 is 0. The zero-order chi connectivity index (χ0) is 24.0. The Hall–Kier alpha value is -2.83. The first-order valence-corrected chi connectivity index (χ1v) is 12.8. The highest BCUT2D eigenvalue weighted by Crippen LogP contribution is 2.71. The van der Waals surface area contributed by atoms with Crippen molar-refractivity contribution in [2.75, 3.05) is 6.54 Å². The van der Waals surface area contributed by atoms with Gasteiger partial charge in [0.25, 0.3) is 0 Å². The molecule has 182 valence electrons. The van der Waals surface area contributed by atoms with Crippen molar-refractivity contribution in [2.24, 2.45) is 45.5 Å². The standard InChI is InChI=1S/C27H35N3O4/c1-3-5-7-20-18-10-9-17-15-13-16(11-12-30-26(28)29)27(23(17)22(18)25(32)33-20)19(14-15)24(31)34-21(27)8-6-4-2/h7-8,14-17,23H,3-6,9-13H2,1-2H3,(H4,28,29,30). The molecule has 34 heavy (non-hydrogen) atoms. The van der Waals surface area contributed by atoms with Gasteiger partial charge in [-0.15, -0.1) is 0 Å². The zero-order valence-electron chi connectivity index (χ0n) is 20.1. The Kier molecular flexibility index (Phi) is 5.90. The Morgan fingerprint density at radius 3 is 2.65 bits per heavy atom. The third-order valence-electron chi connectivity index (χ3n) is 8.42. The van der Waals surface area contributed by atoms with Crippen molar-refractivity contribution < 1.29 is 19.1 Å². The Bertz CT molecular complexity index is 1060. The van der Waals surface area contributed by atoms with Crippen LogP contribution in [0.4, 0.5) is 0 Å². The summed E-state index contributed by atoms with van der Waals surface area (Å²) in [6, 6.07) is 0. The number of unbranched alkanes of at least 4 members (excludes halogenated alkanes) is 2. The van der Waals surface area contributed by atoms with Crippen LogP contribution in [0.3, 0.4) is 0 Å². The van der Waals surface area contributed by atoms with Crippen molar-refractivity contribution in [3.05, 3.63) is 46.5 Å². The Morgan fingerprint density at radius 2 is 1.91 bits per heavy atom. The molecule has 1 saturated heterocycles. The maximum absolute atomic E-state index is 13.4. The van der Waals surface area contributed by atoms with Gasteiger partial charge in [-0.3, -0.25) is 4.99 Å². The molecule has 0 amide bonds. The lowest BCUT2D eigenvalue weighted by Crippen LogP contribution is -2.55. The van der Waals surface area contributed by atoms with Gasteiger partial charge in [0.05, 0.1) is 5.41 Å². The van der Waals surface area contributed by atoms with Crippen molar-refractivity contribution >= 4 is 17.9 Å². The number of carbonyl (C=O) groups excluding carboxylic acids is 2. The van der Waals surface area contributed by atoms with Gasteiger partial charge in [-0.1, -0.05) is 32.8 Å². The molecule has 0 aromatic rings. The number of ether oxygens (including phenoxy) is 2. The number of esters is 2. The quantitative estimate of drug-likeness (QED) is 0.333. The summed E-state index contributed by atoms with van der Waals surface area (Å²) in [5.74, 6) is 1.53. The van der Waals surface area contributed by atoms with E-state index < -0.39 is 5.41 Å². The van der Waals surface area contributed by atoms with Crippen LogP contribution in [-0.2, 0) is 19.1 Å². The molecule has 5 atom stereocenters. The van der Waals surface area contributed by atoms with E-state index >= 15 is 0 Å². The third-order valence-corrected chi connectivity index (χ3v) is 8.42. The summed E-state index contributed by atoms with van der Waals surface area (Å²) in [5.41, 5.74) is 13.1. The van der Waals surface area contributed by atoms with E-state index in [2.05, 4.69) is 37.1 Å². The molecule has 4 aliphatic carbocycles. The number of fused-ring (bicyclic) bond motifs is 1. The van der Waals surface area contributed by atoms with Crippen LogP contribution in [0.15, 0.2) is 51.5 Å². The molecule has 2 heterocycles. The molecule has 0 aromatic carbocycles. The number of cyclic esters (lactones) is 2. The summed E-state index contributed by atoms with van der Waals surface area (Å²) in [6.45, 7) is 4.71. The predicted octanol–water partition coefficient (Wildman–Crippen LogP) is 4.02. The van der Waals surface area contributed by atoms with E-state index in [1.54, 1.807) is 0 Å². The first-order chi connectivity index (χ1) is 16.4. The lowest BCUT2D eigenvalue weighted by molar-refractivity contribution is -0.135. The summed E-state index contributed by atoms with van der Waals surface area (Å²) < 4.78 is 11.8. The molecule has 7 nitrogen and oxygen atoms in total. The highest BCUT2D eigenvalue weighted by atomic mass is 16.5. The second kappa shape index (κ2) is 8.75. The monoisotopic (exact) mass is 465 g/mol. The summed E-state index contributed by atoms with van der Waals surface area (Å²) in [4.78, 5) is 30.8. The van der Waals surface area contributed by atoms with Crippen molar-refractivity contribution in [1.82, 2.24) is 0 Å². The van der Waals surface area contributed by atoms with E-state index in [4.69, 9.17) is 20.9 Å². The Balaban J connectivity index is 1.68. The van der Waals surface area contributed by atoms with Crippen LogP contribution >= 0.6 is 0 Å². The average Bonchev–Trinajstić information content (AvgIpc) is 3.30. The minimum absolute atomic E-state index is 0.0698. The van der Waals surface area contributed by atoms with E-state index in [-0.39, 0.29) is 35.7 Å². The Morgan fingerprint density at radius 1 is 1.15 bits per heavy atom. The van der Waals surface area contributed by atoms with E-state index in [0.29, 0.717) is 12.5 Å². The fourth-order valence-corrected chi connectivity index (χ4v) is 7.22. The first-order valence-electron chi connectivity index (χ1n) is 12.8. The van der Waals surface area contributed by atoms with Crippen LogP contribution in [0, 0.1) is 29.1 Å². The molecular weight excluding hydrogens is 430 g/mol. The normalized spacial score (nSPS) is 35.6. The van der Waals surface area contributed by atoms with E-state index in [0.717, 1.165) is 79.6 Å². The van der Waals surface area contributed by atoms with Crippen LogP contribution in [0.2, 0.25) is 0 Å². The maximum atomic E-state index is 13.4. The number of guanidine groups is 1. The van der Waals surface area contributed by atoms with Crippen molar-refractivity contribution in [3.63, 3.8) is 0 Å².